The topological polar surface area (TPSA) is 43.1 Å². The summed E-state index contributed by atoms with van der Waals surface area (Å²) in [4.78, 5) is 11.0. The van der Waals surface area contributed by atoms with Crippen molar-refractivity contribution in [1.29, 1.82) is 0 Å². The molecule has 0 saturated heterocycles. The number of nitrogens with zero attached hydrogens (tertiary/aromatic N) is 1. The van der Waals surface area contributed by atoms with Crippen molar-refractivity contribution in [2.45, 2.75) is 11.3 Å². The SMILES string of the molecule is O=[N+]([O-])c1ccc(Cc2ccc(S)cc2)cc1. The van der Waals surface area contributed by atoms with Gasteiger partial charge in [-0.3, -0.25) is 10.1 Å². The van der Waals surface area contributed by atoms with Gasteiger partial charge in [-0.05, 0) is 29.7 Å². The third kappa shape index (κ3) is 3.07. The second kappa shape index (κ2) is 5.01. The van der Waals surface area contributed by atoms with Crippen LogP contribution in [0.2, 0.25) is 0 Å². The maximum absolute atomic E-state index is 10.5. The van der Waals surface area contributed by atoms with Gasteiger partial charge in [0, 0.05) is 17.0 Å². The van der Waals surface area contributed by atoms with E-state index in [1.165, 1.54) is 12.1 Å². The zero-order valence-electron chi connectivity index (χ0n) is 9.04. The van der Waals surface area contributed by atoms with E-state index in [4.69, 9.17) is 0 Å². The Labute approximate surface area is 105 Å². The van der Waals surface area contributed by atoms with Gasteiger partial charge in [-0.2, -0.15) is 0 Å². The van der Waals surface area contributed by atoms with Crippen LogP contribution in [0, 0.1) is 10.1 Å². The molecule has 0 heterocycles. The van der Waals surface area contributed by atoms with Crippen LogP contribution in [0.1, 0.15) is 11.1 Å². The van der Waals surface area contributed by atoms with Crippen LogP contribution in [0.25, 0.3) is 0 Å². The molecule has 0 bridgehead atoms. The highest BCUT2D eigenvalue weighted by Crippen LogP contribution is 2.16. The van der Waals surface area contributed by atoms with E-state index in [0.717, 1.165) is 22.4 Å². The van der Waals surface area contributed by atoms with Gasteiger partial charge in [-0.1, -0.05) is 24.3 Å². The largest absolute Gasteiger partial charge is 0.269 e. The molecule has 0 saturated carbocycles. The molecule has 0 aliphatic rings. The van der Waals surface area contributed by atoms with Crippen molar-refractivity contribution in [3.63, 3.8) is 0 Å². The summed E-state index contributed by atoms with van der Waals surface area (Å²) in [6, 6.07) is 14.5. The number of hydrogen-bond donors (Lipinski definition) is 1. The highest BCUT2D eigenvalue weighted by molar-refractivity contribution is 7.80. The molecule has 17 heavy (non-hydrogen) atoms. The first kappa shape index (κ1) is 11.7. The lowest BCUT2D eigenvalue weighted by atomic mass is 10.1. The van der Waals surface area contributed by atoms with E-state index in [9.17, 15) is 10.1 Å². The minimum atomic E-state index is -0.389. The summed E-state index contributed by atoms with van der Waals surface area (Å²) in [5.74, 6) is 0. The van der Waals surface area contributed by atoms with E-state index in [1.807, 2.05) is 24.3 Å². The minimum Gasteiger partial charge on any atom is -0.258 e. The molecule has 0 amide bonds. The molecule has 0 aliphatic heterocycles. The molecule has 0 atom stereocenters. The molecular formula is C13H11NO2S. The Morgan fingerprint density at radius 2 is 1.41 bits per heavy atom. The molecule has 0 aliphatic carbocycles. The number of rotatable bonds is 3. The molecule has 86 valence electrons. The first-order valence-corrected chi connectivity index (χ1v) is 5.61. The Balaban J connectivity index is 2.13. The Morgan fingerprint density at radius 1 is 0.941 bits per heavy atom. The van der Waals surface area contributed by atoms with Gasteiger partial charge in [-0.15, -0.1) is 12.6 Å². The van der Waals surface area contributed by atoms with E-state index >= 15 is 0 Å². The number of thiol groups is 1. The maximum atomic E-state index is 10.5. The molecule has 0 N–H and O–H groups in total. The van der Waals surface area contributed by atoms with Crippen LogP contribution < -0.4 is 0 Å². The van der Waals surface area contributed by atoms with Crippen LogP contribution in [0.15, 0.2) is 53.4 Å². The van der Waals surface area contributed by atoms with Crippen LogP contribution in [-0.4, -0.2) is 4.92 Å². The quantitative estimate of drug-likeness (QED) is 0.511. The van der Waals surface area contributed by atoms with E-state index < -0.39 is 0 Å². The van der Waals surface area contributed by atoms with Crippen molar-refractivity contribution in [3.8, 4) is 0 Å². The Morgan fingerprint density at radius 3 is 1.88 bits per heavy atom. The van der Waals surface area contributed by atoms with Gasteiger partial charge < -0.3 is 0 Å². The van der Waals surface area contributed by atoms with Crippen molar-refractivity contribution in [1.82, 2.24) is 0 Å². The van der Waals surface area contributed by atoms with Crippen LogP contribution in [0.4, 0.5) is 5.69 Å². The van der Waals surface area contributed by atoms with Gasteiger partial charge in [0.1, 0.15) is 0 Å². The first-order valence-electron chi connectivity index (χ1n) is 5.16. The zero-order valence-corrected chi connectivity index (χ0v) is 9.93. The molecule has 0 fully saturated rings. The number of non-ortho nitro benzene ring substituents is 1. The van der Waals surface area contributed by atoms with Crippen LogP contribution in [0.3, 0.4) is 0 Å². The molecule has 2 rings (SSSR count). The molecule has 2 aromatic rings. The summed E-state index contributed by atoms with van der Waals surface area (Å²) in [6.45, 7) is 0. The summed E-state index contributed by atoms with van der Waals surface area (Å²) in [5.41, 5.74) is 2.35. The summed E-state index contributed by atoms with van der Waals surface area (Å²) < 4.78 is 0. The smallest absolute Gasteiger partial charge is 0.258 e. The molecule has 3 nitrogen and oxygen atoms in total. The Kier molecular flexibility index (Phi) is 3.44. The van der Waals surface area contributed by atoms with Crippen LogP contribution >= 0.6 is 12.6 Å². The van der Waals surface area contributed by atoms with Gasteiger partial charge in [-0.25, -0.2) is 0 Å². The lowest BCUT2D eigenvalue weighted by Gasteiger charge is -2.02. The van der Waals surface area contributed by atoms with Gasteiger partial charge in [0.25, 0.3) is 5.69 Å². The van der Waals surface area contributed by atoms with Crippen molar-refractivity contribution < 1.29 is 4.92 Å². The molecule has 0 spiro atoms. The monoisotopic (exact) mass is 245 g/mol. The van der Waals surface area contributed by atoms with Gasteiger partial charge in [0.15, 0.2) is 0 Å². The van der Waals surface area contributed by atoms with Gasteiger partial charge >= 0.3 is 0 Å². The van der Waals surface area contributed by atoms with Crippen molar-refractivity contribution in [3.05, 3.63) is 69.8 Å². The van der Waals surface area contributed by atoms with E-state index in [0.29, 0.717) is 0 Å². The molecule has 0 radical (unpaired) electrons. The predicted molar refractivity (Wildman–Crippen MR) is 69.6 cm³/mol. The fraction of sp³-hybridized carbons (Fsp3) is 0.0769. The van der Waals surface area contributed by atoms with Crippen molar-refractivity contribution in [2.75, 3.05) is 0 Å². The summed E-state index contributed by atoms with van der Waals surface area (Å²) >= 11 is 4.22. The van der Waals surface area contributed by atoms with Crippen LogP contribution in [0.5, 0.6) is 0 Å². The zero-order chi connectivity index (χ0) is 12.3. The number of nitro benzene ring substituents is 1. The lowest BCUT2D eigenvalue weighted by Crippen LogP contribution is -1.90. The second-order valence-corrected chi connectivity index (χ2v) is 4.28. The second-order valence-electron chi connectivity index (χ2n) is 3.77. The van der Waals surface area contributed by atoms with E-state index in [2.05, 4.69) is 12.6 Å². The minimum absolute atomic E-state index is 0.124. The molecule has 2 aromatic carbocycles. The third-order valence-corrected chi connectivity index (χ3v) is 2.79. The lowest BCUT2D eigenvalue weighted by molar-refractivity contribution is -0.384. The van der Waals surface area contributed by atoms with Crippen molar-refractivity contribution in [2.24, 2.45) is 0 Å². The van der Waals surface area contributed by atoms with E-state index in [-0.39, 0.29) is 10.6 Å². The normalized spacial score (nSPS) is 10.2. The first-order chi connectivity index (χ1) is 8.15. The van der Waals surface area contributed by atoms with E-state index in [1.54, 1.807) is 12.1 Å². The molecule has 4 heteroatoms. The maximum Gasteiger partial charge on any atom is 0.269 e. The fourth-order valence-corrected chi connectivity index (χ4v) is 1.73. The molecule has 0 unspecified atom stereocenters. The summed E-state index contributed by atoms with van der Waals surface area (Å²) in [6.07, 6.45) is 0.770. The Hall–Kier alpha value is -1.81. The van der Waals surface area contributed by atoms with Gasteiger partial charge in [0.2, 0.25) is 0 Å². The number of nitro groups is 1. The number of hydrogen-bond acceptors (Lipinski definition) is 3. The molecular weight excluding hydrogens is 234 g/mol. The average molecular weight is 245 g/mol. The van der Waals surface area contributed by atoms with Crippen LogP contribution in [-0.2, 0) is 6.42 Å². The Bertz CT molecular complexity index is 520. The molecule has 0 aromatic heterocycles. The van der Waals surface area contributed by atoms with Gasteiger partial charge in [0.05, 0.1) is 4.92 Å². The third-order valence-electron chi connectivity index (χ3n) is 2.49. The fourth-order valence-electron chi connectivity index (χ4n) is 1.59. The predicted octanol–water partition coefficient (Wildman–Crippen LogP) is 3.47. The summed E-state index contributed by atoms with van der Waals surface area (Å²) in [7, 11) is 0. The van der Waals surface area contributed by atoms with Crippen molar-refractivity contribution >= 4 is 18.3 Å². The highest BCUT2D eigenvalue weighted by atomic mass is 32.1. The standard InChI is InChI=1S/C13H11NO2S/c15-14(16)12-5-1-10(2-6-12)9-11-3-7-13(17)8-4-11/h1-8,17H,9H2. The number of benzene rings is 2. The summed E-state index contributed by atoms with van der Waals surface area (Å²) in [5, 5.41) is 10.5. The average Bonchev–Trinajstić information content (AvgIpc) is 2.33. The highest BCUT2D eigenvalue weighted by Gasteiger charge is 2.04.